The number of aryl methyl sites for hydroxylation is 1. The molecule has 0 aliphatic heterocycles. The fraction of sp³-hybridized carbons (Fsp3) is 0.636. The fourth-order valence-corrected chi connectivity index (χ4v) is 4.78. The molecule has 2 heterocycles. The highest BCUT2D eigenvalue weighted by Crippen LogP contribution is 2.38. The Morgan fingerprint density at radius 1 is 1.37 bits per heavy atom. The van der Waals surface area contributed by atoms with Gasteiger partial charge in [0.25, 0.3) is 0 Å². The minimum absolute atomic E-state index is 0.0292. The summed E-state index contributed by atoms with van der Waals surface area (Å²) in [5.41, 5.74) is 1.10. The number of hydrogen-bond donors (Lipinski definition) is 0. The third-order valence-electron chi connectivity index (χ3n) is 2.31. The SMILES string of the molecule is CCCn1nnc(Sc2nc(C(C)(C)C)c(Br)s2)n1. The highest BCUT2D eigenvalue weighted by atomic mass is 79.9. The summed E-state index contributed by atoms with van der Waals surface area (Å²) in [6.45, 7) is 9.33. The Kier molecular flexibility index (Phi) is 4.62. The summed E-state index contributed by atoms with van der Waals surface area (Å²) in [4.78, 5) is 6.27. The Morgan fingerprint density at radius 3 is 2.68 bits per heavy atom. The van der Waals surface area contributed by atoms with Crippen LogP contribution >= 0.6 is 39.0 Å². The van der Waals surface area contributed by atoms with E-state index in [0.717, 1.165) is 26.8 Å². The van der Waals surface area contributed by atoms with Crippen LogP contribution in [0.3, 0.4) is 0 Å². The van der Waals surface area contributed by atoms with E-state index in [1.54, 1.807) is 16.1 Å². The fourth-order valence-electron chi connectivity index (χ4n) is 1.43. The second-order valence-corrected chi connectivity index (χ2v) is 8.65. The Balaban J connectivity index is 2.15. The Morgan fingerprint density at radius 2 is 2.11 bits per heavy atom. The molecule has 2 aromatic rings. The van der Waals surface area contributed by atoms with E-state index in [1.165, 1.54) is 11.8 Å². The number of nitrogens with zero attached hydrogens (tertiary/aromatic N) is 5. The lowest BCUT2D eigenvalue weighted by atomic mass is 9.93. The molecule has 0 fully saturated rings. The van der Waals surface area contributed by atoms with Crippen molar-refractivity contribution >= 4 is 39.0 Å². The summed E-state index contributed by atoms with van der Waals surface area (Å²) in [6.07, 6.45) is 0.997. The molecule has 0 amide bonds. The first kappa shape index (κ1) is 14.9. The Labute approximate surface area is 129 Å². The van der Waals surface area contributed by atoms with E-state index in [9.17, 15) is 0 Å². The molecule has 104 valence electrons. The standard InChI is InChI=1S/C11H16BrN5S2/c1-5-6-17-15-9(14-16-17)19-10-13-7(8(12)18-10)11(2,3)4/h5-6H2,1-4H3. The van der Waals surface area contributed by atoms with Crippen molar-refractivity contribution in [2.24, 2.45) is 0 Å². The van der Waals surface area contributed by atoms with Crippen LogP contribution in [-0.4, -0.2) is 25.2 Å². The lowest BCUT2D eigenvalue weighted by Crippen LogP contribution is -2.12. The molecule has 0 radical (unpaired) electrons. The highest BCUT2D eigenvalue weighted by Gasteiger charge is 2.23. The lowest BCUT2D eigenvalue weighted by Gasteiger charge is -2.15. The number of halogens is 1. The average Bonchev–Trinajstić information content (AvgIpc) is 2.86. The van der Waals surface area contributed by atoms with Gasteiger partial charge in [-0.2, -0.15) is 4.80 Å². The molecule has 5 nitrogen and oxygen atoms in total. The van der Waals surface area contributed by atoms with Crippen LogP contribution in [0.4, 0.5) is 0 Å². The normalized spacial score (nSPS) is 12.1. The number of hydrogen-bond acceptors (Lipinski definition) is 6. The zero-order chi connectivity index (χ0) is 14.0. The van der Waals surface area contributed by atoms with Crippen LogP contribution in [0, 0.1) is 0 Å². The van der Waals surface area contributed by atoms with Crippen molar-refractivity contribution in [1.29, 1.82) is 0 Å². The number of aromatic nitrogens is 5. The van der Waals surface area contributed by atoms with Crippen molar-refractivity contribution in [2.45, 2.75) is 55.6 Å². The summed E-state index contributed by atoms with van der Waals surface area (Å²) < 4.78 is 2.01. The van der Waals surface area contributed by atoms with E-state index >= 15 is 0 Å². The highest BCUT2D eigenvalue weighted by molar-refractivity contribution is 9.11. The van der Waals surface area contributed by atoms with Crippen LogP contribution in [0.15, 0.2) is 13.3 Å². The van der Waals surface area contributed by atoms with Crippen molar-refractivity contribution in [3.8, 4) is 0 Å². The molecular formula is C11H16BrN5S2. The molecule has 19 heavy (non-hydrogen) atoms. The number of rotatable bonds is 4. The molecule has 0 saturated heterocycles. The molecule has 0 aromatic carbocycles. The quantitative estimate of drug-likeness (QED) is 0.829. The summed E-state index contributed by atoms with van der Waals surface area (Å²) in [6, 6.07) is 0. The van der Waals surface area contributed by atoms with Crippen LogP contribution in [0.5, 0.6) is 0 Å². The smallest absolute Gasteiger partial charge is 0.232 e. The van der Waals surface area contributed by atoms with E-state index in [4.69, 9.17) is 0 Å². The van der Waals surface area contributed by atoms with Gasteiger partial charge in [0.05, 0.1) is 16.0 Å². The maximum atomic E-state index is 4.65. The maximum Gasteiger partial charge on any atom is 0.238 e. The van der Waals surface area contributed by atoms with Gasteiger partial charge >= 0.3 is 0 Å². The minimum Gasteiger partial charge on any atom is -0.232 e. The third kappa shape index (κ3) is 3.76. The van der Waals surface area contributed by atoms with E-state index < -0.39 is 0 Å². The van der Waals surface area contributed by atoms with Gasteiger partial charge in [0.1, 0.15) is 0 Å². The monoisotopic (exact) mass is 361 g/mol. The topological polar surface area (TPSA) is 56.5 Å². The first-order valence-corrected chi connectivity index (χ1v) is 8.45. The van der Waals surface area contributed by atoms with Crippen molar-refractivity contribution in [3.63, 3.8) is 0 Å². The number of tetrazole rings is 1. The molecule has 0 unspecified atom stereocenters. The van der Waals surface area contributed by atoms with Crippen molar-refractivity contribution in [1.82, 2.24) is 25.2 Å². The molecule has 2 aromatic heterocycles. The summed E-state index contributed by atoms with van der Waals surface area (Å²) in [7, 11) is 0. The average molecular weight is 362 g/mol. The molecule has 0 aliphatic rings. The Hall–Kier alpha value is -0.470. The lowest BCUT2D eigenvalue weighted by molar-refractivity contribution is 0.511. The molecule has 0 spiro atoms. The van der Waals surface area contributed by atoms with Gasteiger partial charge in [-0.1, -0.05) is 39.0 Å². The molecule has 2 rings (SSSR count). The first-order valence-electron chi connectivity index (χ1n) is 6.02. The molecule has 0 bridgehead atoms. The third-order valence-corrected chi connectivity index (χ3v) is 4.92. The van der Waals surface area contributed by atoms with E-state index in [2.05, 4.69) is 64.0 Å². The van der Waals surface area contributed by atoms with Crippen molar-refractivity contribution in [2.75, 3.05) is 0 Å². The second kappa shape index (κ2) is 5.88. The van der Waals surface area contributed by atoms with Gasteiger partial charge < -0.3 is 0 Å². The van der Waals surface area contributed by atoms with E-state index in [0.29, 0.717) is 5.16 Å². The predicted molar refractivity (Wildman–Crippen MR) is 80.7 cm³/mol. The van der Waals surface area contributed by atoms with Crippen molar-refractivity contribution < 1.29 is 0 Å². The summed E-state index contributed by atoms with van der Waals surface area (Å²) >= 11 is 6.64. The minimum atomic E-state index is 0.0292. The van der Waals surface area contributed by atoms with Crippen LogP contribution in [0.2, 0.25) is 0 Å². The predicted octanol–water partition coefficient (Wildman–Crippen LogP) is 3.75. The molecule has 0 saturated carbocycles. The van der Waals surface area contributed by atoms with Gasteiger partial charge in [0.2, 0.25) is 5.16 Å². The second-order valence-electron chi connectivity index (χ2n) is 5.12. The number of thiazole rings is 1. The zero-order valence-corrected chi connectivity index (χ0v) is 14.6. The molecule has 0 aliphatic carbocycles. The molecular weight excluding hydrogens is 346 g/mol. The van der Waals surface area contributed by atoms with Gasteiger partial charge in [-0.15, -0.1) is 10.2 Å². The molecule has 0 atom stereocenters. The van der Waals surface area contributed by atoms with Crippen LogP contribution in [-0.2, 0) is 12.0 Å². The first-order chi connectivity index (χ1) is 8.90. The molecule has 0 N–H and O–H groups in total. The van der Waals surface area contributed by atoms with Gasteiger partial charge in [-0.3, -0.25) is 0 Å². The van der Waals surface area contributed by atoms with Gasteiger partial charge in [0.15, 0.2) is 4.34 Å². The zero-order valence-electron chi connectivity index (χ0n) is 11.3. The van der Waals surface area contributed by atoms with E-state index in [1.807, 2.05) is 0 Å². The summed E-state index contributed by atoms with van der Waals surface area (Å²) in [5, 5.41) is 13.0. The molecule has 8 heteroatoms. The van der Waals surface area contributed by atoms with Gasteiger partial charge in [0, 0.05) is 5.41 Å². The van der Waals surface area contributed by atoms with Crippen LogP contribution < -0.4 is 0 Å². The maximum absolute atomic E-state index is 4.65. The van der Waals surface area contributed by atoms with Crippen molar-refractivity contribution in [3.05, 3.63) is 9.48 Å². The van der Waals surface area contributed by atoms with Crippen LogP contribution in [0.25, 0.3) is 0 Å². The largest absolute Gasteiger partial charge is 0.238 e. The Bertz CT molecular complexity index is 558. The summed E-state index contributed by atoms with van der Waals surface area (Å²) in [5.74, 6) is 0. The van der Waals surface area contributed by atoms with Gasteiger partial charge in [-0.25, -0.2) is 4.98 Å². The van der Waals surface area contributed by atoms with E-state index in [-0.39, 0.29) is 5.41 Å². The van der Waals surface area contributed by atoms with Gasteiger partial charge in [-0.05, 0) is 39.3 Å². The van der Waals surface area contributed by atoms with Crippen LogP contribution in [0.1, 0.15) is 39.8 Å².